The van der Waals surface area contributed by atoms with Crippen molar-refractivity contribution < 1.29 is 43.3 Å². The molecule has 4 aromatic heterocycles. The number of aromatic nitrogens is 5. The number of fused-ring (bicyclic) bond motifs is 2. The first kappa shape index (κ1) is 54.1. The van der Waals surface area contributed by atoms with Crippen LogP contribution in [0.5, 0.6) is 17.5 Å². The quantitative estimate of drug-likeness (QED) is 0.0602. The molecule has 4 saturated heterocycles. The topological polar surface area (TPSA) is 240 Å². The number of nitrogens with two attached hydrogens (primary N) is 1. The summed E-state index contributed by atoms with van der Waals surface area (Å²) in [5, 5.41) is 37.0. The lowest BCUT2D eigenvalue weighted by Crippen LogP contribution is -2.54. The number of ether oxygens (including phenoxy) is 4. The SMILES string of the molecule is COCc1ncsc1-c1ccc([C@H](C)NC(=O)[C@@H]2C[C@@H](O)CN2C(=O)[C@@H](c2cc(OCCN3CCC(OC4CC(Oc5cc(N6C7CC[C@@H]6CN(c6cc(-c8ccccc8O)nnc6N)C7)ccn5)C4)CC3)no2)C(C)C)cc1. The van der Waals surface area contributed by atoms with Gasteiger partial charge in [0.05, 0.1) is 58.4 Å². The van der Waals surface area contributed by atoms with Crippen molar-refractivity contribution in [3.05, 3.63) is 102 Å². The van der Waals surface area contributed by atoms with Crippen molar-refractivity contribution in [2.75, 3.05) is 68.5 Å². The second kappa shape index (κ2) is 23.8. The summed E-state index contributed by atoms with van der Waals surface area (Å²) in [7, 11) is 1.65. The summed E-state index contributed by atoms with van der Waals surface area (Å²) in [4.78, 5) is 46.8. The number of phenolic OH excluding ortho intramolecular Hbond substituents is 1. The van der Waals surface area contributed by atoms with E-state index in [0.717, 1.165) is 97.8 Å². The van der Waals surface area contributed by atoms with E-state index < -0.39 is 18.1 Å². The van der Waals surface area contributed by atoms with E-state index in [0.29, 0.717) is 54.4 Å². The first-order valence-corrected chi connectivity index (χ1v) is 28.6. The molecule has 418 valence electrons. The predicted molar refractivity (Wildman–Crippen MR) is 298 cm³/mol. The number of β-amino-alcohol motifs (C(OH)–C–C–N with tert-alkyl or cyclic N) is 1. The highest BCUT2D eigenvalue weighted by Gasteiger charge is 2.45. The Hall–Kier alpha value is -6.91. The number of nitrogen functional groups attached to an aromatic ring is 1. The molecule has 5 fully saturated rings. The Kier molecular flexibility index (Phi) is 16.3. The first-order chi connectivity index (χ1) is 38.3. The molecule has 5 aliphatic rings. The number of piperazine rings is 1. The number of hydrogen-bond donors (Lipinski definition) is 4. The van der Waals surface area contributed by atoms with Gasteiger partial charge in [-0.05, 0) is 79.1 Å². The molecule has 79 heavy (non-hydrogen) atoms. The zero-order valence-corrected chi connectivity index (χ0v) is 46.0. The highest BCUT2D eigenvalue weighted by atomic mass is 32.1. The van der Waals surface area contributed by atoms with Gasteiger partial charge < -0.3 is 59.4 Å². The number of pyridine rings is 1. The monoisotopic (exact) mass is 1100 g/mol. The number of thiazole rings is 1. The van der Waals surface area contributed by atoms with E-state index >= 15 is 0 Å². The number of anilines is 3. The molecule has 0 spiro atoms. The highest BCUT2D eigenvalue weighted by Crippen LogP contribution is 2.41. The third-order valence-corrected chi connectivity index (χ3v) is 17.2. The number of nitrogens with one attached hydrogen (secondary N) is 1. The maximum Gasteiger partial charge on any atom is 0.254 e. The van der Waals surface area contributed by atoms with Gasteiger partial charge in [-0.3, -0.25) is 14.5 Å². The van der Waals surface area contributed by atoms with Gasteiger partial charge in [0.2, 0.25) is 17.7 Å². The van der Waals surface area contributed by atoms with Crippen molar-refractivity contribution in [3.63, 3.8) is 0 Å². The Balaban J connectivity index is 0.600. The van der Waals surface area contributed by atoms with Crippen LogP contribution >= 0.6 is 11.3 Å². The van der Waals surface area contributed by atoms with E-state index in [-0.39, 0.29) is 72.9 Å². The third kappa shape index (κ3) is 12.0. The van der Waals surface area contributed by atoms with Crippen molar-refractivity contribution in [3.8, 4) is 39.2 Å². The average molecular weight is 1100 g/mol. The molecule has 1 saturated carbocycles. The van der Waals surface area contributed by atoms with Crippen molar-refractivity contribution in [2.45, 2.75) is 127 Å². The van der Waals surface area contributed by atoms with Gasteiger partial charge in [-0.2, -0.15) is 0 Å². The zero-order valence-electron chi connectivity index (χ0n) is 45.2. The number of para-hydroxylation sites is 1. The summed E-state index contributed by atoms with van der Waals surface area (Å²) in [6.45, 7) is 10.7. The van der Waals surface area contributed by atoms with Crippen molar-refractivity contribution in [1.82, 2.24) is 40.4 Å². The number of amides is 2. The Morgan fingerprint density at radius 2 is 1.66 bits per heavy atom. The Morgan fingerprint density at radius 1 is 0.886 bits per heavy atom. The Labute approximate surface area is 464 Å². The number of aromatic hydroxyl groups is 1. The number of hydrogen-bond acceptors (Lipinski definition) is 19. The number of carbonyl (C=O) groups excluding carboxylic acids is 2. The number of rotatable bonds is 20. The minimum atomic E-state index is -0.844. The predicted octanol–water partition coefficient (Wildman–Crippen LogP) is 6.99. The lowest BCUT2D eigenvalue weighted by Gasteiger charge is -2.43. The largest absolute Gasteiger partial charge is 0.507 e. The van der Waals surface area contributed by atoms with Gasteiger partial charge in [-0.25, -0.2) is 9.97 Å². The van der Waals surface area contributed by atoms with Gasteiger partial charge in [0.25, 0.3) is 5.88 Å². The molecule has 0 radical (unpaired) electrons. The minimum Gasteiger partial charge on any atom is -0.507 e. The van der Waals surface area contributed by atoms with Gasteiger partial charge in [0.1, 0.15) is 30.4 Å². The fourth-order valence-electron chi connectivity index (χ4n) is 12.1. The van der Waals surface area contributed by atoms with Crippen LogP contribution in [0.1, 0.15) is 94.7 Å². The van der Waals surface area contributed by atoms with Gasteiger partial charge in [-0.15, -0.1) is 21.5 Å². The Bertz CT molecular complexity index is 3040. The molecule has 1 aliphatic carbocycles. The normalized spacial score (nSPS) is 23.2. The summed E-state index contributed by atoms with van der Waals surface area (Å²) in [5.74, 6) is 0.285. The summed E-state index contributed by atoms with van der Waals surface area (Å²) in [6, 6.07) is 22.2. The number of aliphatic hydroxyl groups excluding tert-OH is 1. The van der Waals surface area contributed by atoms with Gasteiger partial charge in [-0.1, -0.05) is 50.2 Å². The van der Waals surface area contributed by atoms with E-state index in [1.807, 2.05) is 69.4 Å². The minimum absolute atomic E-state index is 0.0434. The summed E-state index contributed by atoms with van der Waals surface area (Å²) < 4.78 is 30.1. The second-order valence-corrected chi connectivity index (χ2v) is 22.9. The molecule has 6 atom stereocenters. The molecule has 5 N–H and O–H groups in total. The number of aliphatic hydroxyl groups is 1. The fraction of sp³-hybridized carbons (Fsp3) is 0.500. The lowest BCUT2D eigenvalue weighted by molar-refractivity contribution is -0.141. The molecular weight excluding hydrogens is 1030 g/mol. The third-order valence-electron chi connectivity index (χ3n) is 16.3. The molecule has 2 aromatic carbocycles. The molecule has 6 aromatic rings. The van der Waals surface area contributed by atoms with Crippen LogP contribution in [0.25, 0.3) is 21.7 Å². The van der Waals surface area contributed by atoms with Gasteiger partial charge in [0.15, 0.2) is 11.6 Å². The van der Waals surface area contributed by atoms with Gasteiger partial charge in [0, 0.05) is 107 Å². The molecule has 11 rings (SSSR count). The molecule has 20 nitrogen and oxygen atoms in total. The fourth-order valence-corrected chi connectivity index (χ4v) is 12.9. The van der Waals surface area contributed by atoms with Crippen LogP contribution in [0.3, 0.4) is 0 Å². The molecule has 1 unspecified atom stereocenters. The van der Waals surface area contributed by atoms with Crippen LogP contribution in [0.2, 0.25) is 0 Å². The second-order valence-electron chi connectivity index (χ2n) is 22.0. The number of nitrogens with zero attached hydrogens (tertiary/aromatic N) is 9. The van der Waals surface area contributed by atoms with Crippen LogP contribution in [0, 0.1) is 5.92 Å². The van der Waals surface area contributed by atoms with Crippen molar-refractivity contribution in [2.24, 2.45) is 5.92 Å². The molecule has 4 aliphatic heterocycles. The van der Waals surface area contributed by atoms with E-state index in [9.17, 15) is 19.8 Å². The van der Waals surface area contributed by atoms with Crippen LogP contribution in [-0.2, 0) is 25.7 Å². The number of likely N-dealkylation sites (tertiary alicyclic amines) is 2. The number of methoxy groups -OCH3 is 1. The zero-order chi connectivity index (χ0) is 54.7. The summed E-state index contributed by atoms with van der Waals surface area (Å²) >= 11 is 1.55. The highest BCUT2D eigenvalue weighted by molar-refractivity contribution is 7.13. The van der Waals surface area contributed by atoms with Crippen LogP contribution in [0.15, 0.2) is 89.0 Å². The van der Waals surface area contributed by atoms with Gasteiger partial charge >= 0.3 is 0 Å². The number of carbonyl (C=O) groups is 2. The molecular formula is C58H71N11O9S. The lowest BCUT2D eigenvalue weighted by atomic mass is 9.91. The molecule has 2 bridgehead atoms. The number of phenols is 1. The maximum atomic E-state index is 14.3. The number of piperidine rings is 1. The average Bonchev–Trinajstić information content (AvgIpc) is 4.33. The van der Waals surface area contributed by atoms with Crippen LogP contribution < -0.4 is 30.3 Å². The van der Waals surface area contributed by atoms with E-state index in [1.165, 1.54) is 4.90 Å². The molecule has 8 heterocycles. The van der Waals surface area contributed by atoms with Crippen molar-refractivity contribution >= 4 is 40.3 Å². The molecule has 2 amide bonds. The summed E-state index contributed by atoms with van der Waals surface area (Å²) in [5.41, 5.74) is 14.2. The van der Waals surface area contributed by atoms with E-state index in [4.69, 9.17) is 29.2 Å². The van der Waals surface area contributed by atoms with Crippen LogP contribution in [-0.4, -0.2) is 153 Å². The summed E-state index contributed by atoms with van der Waals surface area (Å²) in [6.07, 6.45) is 7.18. The van der Waals surface area contributed by atoms with E-state index in [2.05, 4.69) is 57.5 Å². The first-order valence-electron chi connectivity index (χ1n) is 27.7. The van der Waals surface area contributed by atoms with E-state index in [1.54, 1.807) is 42.2 Å². The number of benzene rings is 2. The Morgan fingerprint density at radius 3 is 2.41 bits per heavy atom. The smallest absolute Gasteiger partial charge is 0.254 e. The van der Waals surface area contributed by atoms with Crippen LogP contribution in [0.4, 0.5) is 17.2 Å². The standard InChI is InChI=1S/C58H71N11O9S/c1-34(2)54(58(73)68-31-41(70)24-49(68)57(72)62-35(3)36-9-11-37(12-10-36)55-47(32-74-4)61-33-79-55)51-28-53(65-78-51)75-22-21-66-19-16-42(17-20-66)76-43-25-44(26-43)77-52-23-38(15-18-60-52)69-39-13-14-40(69)30-67(29-39)48-27-46(63-64-56(48)59)45-7-5-6-8-50(45)71/h5-12,15,18,23,27-28,33-35,39-44,49,54,70-71H,13-14,16-17,19-22,24-26,29-32H2,1-4H3,(H2,59,64)(H,62,72)/t35-,39+,40?,41+,43?,44?,49-,54+/m0/s1. The van der Waals surface area contributed by atoms with Crippen molar-refractivity contribution in [1.29, 1.82) is 0 Å². The maximum absolute atomic E-state index is 14.3. The molecule has 21 heteroatoms.